The van der Waals surface area contributed by atoms with Crippen molar-refractivity contribution in [3.05, 3.63) is 57.8 Å². The van der Waals surface area contributed by atoms with Crippen LogP contribution in [-0.4, -0.2) is 4.98 Å². The Hall–Kier alpha value is -1.35. The smallest absolute Gasteiger partial charge is 0.139 e. The quantitative estimate of drug-likeness (QED) is 0.851. The van der Waals surface area contributed by atoms with E-state index in [1.165, 1.54) is 16.7 Å². The number of aryl methyl sites for hydroxylation is 2. The number of hydrogen-bond acceptors (Lipinski definition) is 2. The van der Waals surface area contributed by atoms with E-state index in [9.17, 15) is 0 Å². The third-order valence-corrected chi connectivity index (χ3v) is 3.14. The molecule has 0 bridgehead atoms. The van der Waals surface area contributed by atoms with Crippen LogP contribution in [0.4, 0.5) is 0 Å². The number of ether oxygens (including phenoxy) is 1. The number of rotatable bonds is 3. The van der Waals surface area contributed by atoms with Crippen molar-refractivity contribution in [2.75, 3.05) is 0 Å². The van der Waals surface area contributed by atoms with Crippen molar-refractivity contribution >= 4 is 15.9 Å². The zero-order valence-corrected chi connectivity index (χ0v) is 11.5. The molecule has 0 unspecified atom stereocenters. The zero-order chi connectivity index (χ0) is 12.3. The van der Waals surface area contributed by atoms with Gasteiger partial charge >= 0.3 is 0 Å². The molecule has 1 aromatic carbocycles. The molecular formula is C14H14BrNO. The Labute approximate surface area is 110 Å². The summed E-state index contributed by atoms with van der Waals surface area (Å²) in [6, 6.07) is 8.19. The second-order valence-corrected chi connectivity index (χ2v) is 4.91. The molecular weight excluding hydrogens is 278 g/mol. The number of pyridine rings is 1. The summed E-state index contributed by atoms with van der Waals surface area (Å²) in [5.41, 5.74) is 3.76. The molecule has 0 amide bonds. The lowest BCUT2D eigenvalue weighted by atomic mass is 10.0. The summed E-state index contributed by atoms with van der Waals surface area (Å²) in [7, 11) is 0. The van der Waals surface area contributed by atoms with Crippen LogP contribution in [0.25, 0.3) is 0 Å². The Kier molecular flexibility index (Phi) is 3.79. The number of aromatic nitrogens is 1. The Bertz CT molecular complexity index is 505. The van der Waals surface area contributed by atoms with Crippen LogP contribution in [0.2, 0.25) is 0 Å². The van der Waals surface area contributed by atoms with Gasteiger partial charge in [-0.25, -0.2) is 0 Å². The molecule has 17 heavy (non-hydrogen) atoms. The lowest BCUT2D eigenvalue weighted by molar-refractivity contribution is 0.303. The first-order valence-electron chi connectivity index (χ1n) is 5.45. The minimum atomic E-state index is 0.580. The number of benzene rings is 1. The Morgan fingerprint density at radius 2 is 1.88 bits per heavy atom. The van der Waals surface area contributed by atoms with Gasteiger partial charge in [0.15, 0.2) is 0 Å². The Morgan fingerprint density at radius 3 is 2.53 bits per heavy atom. The van der Waals surface area contributed by atoms with Crippen LogP contribution in [-0.2, 0) is 6.61 Å². The molecule has 0 radical (unpaired) electrons. The van der Waals surface area contributed by atoms with Crippen LogP contribution in [0, 0.1) is 13.8 Å². The molecule has 0 saturated carbocycles. The first-order valence-corrected chi connectivity index (χ1v) is 6.24. The van der Waals surface area contributed by atoms with Gasteiger partial charge in [0.2, 0.25) is 0 Å². The van der Waals surface area contributed by atoms with Gasteiger partial charge < -0.3 is 4.74 Å². The summed E-state index contributed by atoms with van der Waals surface area (Å²) in [4.78, 5) is 4.07. The molecule has 0 atom stereocenters. The fraction of sp³-hybridized carbons (Fsp3) is 0.214. The van der Waals surface area contributed by atoms with E-state index in [1.807, 2.05) is 6.07 Å². The van der Waals surface area contributed by atoms with Crippen LogP contribution in [0.15, 0.2) is 41.1 Å². The molecule has 0 fully saturated rings. The van der Waals surface area contributed by atoms with Crippen LogP contribution in [0.3, 0.4) is 0 Å². The standard InChI is InChI=1S/C14H14BrNO/c1-10-4-3-5-11(2)14(10)9-17-13-6-12(15)7-16-8-13/h3-8H,9H2,1-2H3. The molecule has 0 N–H and O–H groups in total. The van der Waals surface area contributed by atoms with Gasteiger partial charge in [0.1, 0.15) is 12.4 Å². The minimum absolute atomic E-state index is 0.580. The molecule has 2 rings (SSSR count). The maximum Gasteiger partial charge on any atom is 0.139 e. The highest BCUT2D eigenvalue weighted by atomic mass is 79.9. The largest absolute Gasteiger partial charge is 0.487 e. The molecule has 1 heterocycles. The number of halogens is 1. The molecule has 0 aliphatic heterocycles. The van der Waals surface area contributed by atoms with Gasteiger partial charge in [0.25, 0.3) is 0 Å². The molecule has 88 valence electrons. The SMILES string of the molecule is Cc1cccc(C)c1COc1cncc(Br)c1. The van der Waals surface area contributed by atoms with Gasteiger partial charge in [-0.2, -0.15) is 0 Å². The summed E-state index contributed by atoms with van der Waals surface area (Å²) in [6.07, 6.45) is 3.46. The van der Waals surface area contributed by atoms with E-state index in [1.54, 1.807) is 12.4 Å². The van der Waals surface area contributed by atoms with Gasteiger partial charge in [-0.15, -0.1) is 0 Å². The predicted octanol–water partition coefficient (Wildman–Crippen LogP) is 4.04. The normalized spacial score (nSPS) is 10.3. The summed E-state index contributed by atoms with van der Waals surface area (Å²) >= 11 is 3.37. The van der Waals surface area contributed by atoms with Gasteiger partial charge in [0.05, 0.1) is 6.20 Å². The van der Waals surface area contributed by atoms with Gasteiger partial charge in [-0.1, -0.05) is 18.2 Å². The Balaban J connectivity index is 2.13. The van der Waals surface area contributed by atoms with Crippen LogP contribution < -0.4 is 4.74 Å². The zero-order valence-electron chi connectivity index (χ0n) is 9.90. The van der Waals surface area contributed by atoms with E-state index in [0.29, 0.717) is 6.61 Å². The minimum Gasteiger partial charge on any atom is -0.487 e. The maximum absolute atomic E-state index is 5.74. The van der Waals surface area contributed by atoms with Gasteiger partial charge in [-0.05, 0) is 52.5 Å². The average molecular weight is 292 g/mol. The summed E-state index contributed by atoms with van der Waals surface area (Å²) in [6.45, 7) is 4.78. The second-order valence-electron chi connectivity index (χ2n) is 4.00. The first kappa shape index (κ1) is 12.1. The van der Waals surface area contributed by atoms with Crippen molar-refractivity contribution < 1.29 is 4.74 Å². The van der Waals surface area contributed by atoms with Crippen LogP contribution in [0.1, 0.15) is 16.7 Å². The second kappa shape index (κ2) is 5.32. The van der Waals surface area contributed by atoms with Crippen molar-refractivity contribution in [1.82, 2.24) is 4.98 Å². The fourth-order valence-electron chi connectivity index (χ4n) is 1.70. The molecule has 0 spiro atoms. The highest BCUT2D eigenvalue weighted by Gasteiger charge is 2.03. The lowest BCUT2D eigenvalue weighted by Gasteiger charge is -2.11. The van der Waals surface area contributed by atoms with Crippen molar-refractivity contribution in [2.45, 2.75) is 20.5 Å². The average Bonchev–Trinajstić information content (AvgIpc) is 2.28. The third kappa shape index (κ3) is 3.07. The maximum atomic E-state index is 5.74. The van der Waals surface area contributed by atoms with E-state index in [2.05, 4.69) is 53.0 Å². The number of hydrogen-bond donors (Lipinski definition) is 0. The highest BCUT2D eigenvalue weighted by molar-refractivity contribution is 9.10. The monoisotopic (exact) mass is 291 g/mol. The van der Waals surface area contributed by atoms with E-state index < -0.39 is 0 Å². The molecule has 2 aromatic rings. The van der Waals surface area contributed by atoms with Crippen molar-refractivity contribution in [3.63, 3.8) is 0 Å². The molecule has 0 aliphatic carbocycles. The lowest BCUT2D eigenvalue weighted by Crippen LogP contribution is -2.00. The highest BCUT2D eigenvalue weighted by Crippen LogP contribution is 2.19. The summed E-state index contributed by atoms with van der Waals surface area (Å²) < 4.78 is 6.67. The Morgan fingerprint density at radius 1 is 1.18 bits per heavy atom. The van der Waals surface area contributed by atoms with Gasteiger partial charge in [-0.3, -0.25) is 4.98 Å². The molecule has 0 aliphatic rings. The first-order chi connectivity index (χ1) is 8.16. The summed E-state index contributed by atoms with van der Waals surface area (Å²) in [5, 5.41) is 0. The third-order valence-electron chi connectivity index (χ3n) is 2.71. The van der Waals surface area contributed by atoms with Crippen molar-refractivity contribution in [3.8, 4) is 5.75 Å². The van der Waals surface area contributed by atoms with E-state index >= 15 is 0 Å². The van der Waals surface area contributed by atoms with Gasteiger partial charge in [0, 0.05) is 10.7 Å². The molecule has 1 aromatic heterocycles. The van der Waals surface area contributed by atoms with Crippen LogP contribution >= 0.6 is 15.9 Å². The molecule has 0 saturated heterocycles. The number of nitrogens with zero attached hydrogens (tertiary/aromatic N) is 1. The molecule has 3 heteroatoms. The topological polar surface area (TPSA) is 22.1 Å². The molecule has 2 nitrogen and oxygen atoms in total. The van der Waals surface area contributed by atoms with Crippen LogP contribution in [0.5, 0.6) is 5.75 Å². The van der Waals surface area contributed by atoms with E-state index in [-0.39, 0.29) is 0 Å². The van der Waals surface area contributed by atoms with Crippen molar-refractivity contribution in [2.24, 2.45) is 0 Å². The van der Waals surface area contributed by atoms with E-state index in [0.717, 1.165) is 10.2 Å². The fourth-order valence-corrected chi connectivity index (χ4v) is 2.05. The summed E-state index contributed by atoms with van der Waals surface area (Å²) in [5.74, 6) is 0.780. The van der Waals surface area contributed by atoms with E-state index in [4.69, 9.17) is 4.74 Å². The van der Waals surface area contributed by atoms with Crippen molar-refractivity contribution in [1.29, 1.82) is 0 Å². The predicted molar refractivity (Wildman–Crippen MR) is 72.2 cm³/mol.